The maximum atomic E-state index is 2.61. The number of anilines is 1. The first-order valence-corrected chi connectivity index (χ1v) is 16.7. The van der Waals surface area contributed by atoms with Gasteiger partial charge in [0, 0.05) is 47.7 Å². The summed E-state index contributed by atoms with van der Waals surface area (Å²) in [7, 11) is 2.26. The molecule has 0 radical (unpaired) electrons. The van der Waals surface area contributed by atoms with Gasteiger partial charge < -0.3 is 4.90 Å². The third-order valence-electron chi connectivity index (χ3n) is 10.4. The summed E-state index contributed by atoms with van der Waals surface area (Å²) in [5, 5.41) is 5.30. The van der Waals surface area contributed by atoms with Crippen LogP contribution in [0.4, 0.5) is 11.4 Å². The van der Waals surface area contributed by atoms with Gasteiger partial charge >= 0.3 is 0 Å². The van der Waals surface area contributed by atoms with Crippen LogP contribution in [0, 0.1) is 0 Å². The van der Waals surface area contributed by atoms with Crippen molar-refractivity contribution in [3.8, 4) is 0 Å². The molecule has 0 spiro atoms. The average Bonchev–Trinajstić information content (AvgIpc) is 3.40. The van der Waals surface area contributed by atoms with Crippen molar-refractivity contribution in [2.24, 2.45) is 0 Å². The van der Waals surface area contributed by atoms with E-state index in [0.29, 0.717) is 0 Å². The molecule has 0 fully saturated rings. The Morgan fingerprint density at radius 2 is 1.40 bits per heavy atom. The third-order valence-corrected chi connectivity index (χ3v) is 10.4. The second-order valence-electron chi connectivity index (χ2n) is 13.7. The second-order valence-corrected chi connectivity index (χ2v) is 13.7. The van der Waals surface area contributed by atoms with E-state index in [1.54, 1.807) is 0 Å². The molecule has 0 saturated heterocycles. The Morgan fingerprint density at radius 1 is 0.733 bits per heavy atom. The fraction of sp³-hybridized carbons (Fsp3) is 0.279. The van der Waals surface area contributed by atoms with E-state index in [0.717, 1.165) is 13.0 Å². The minimum atomic E-state index is -0.157. The van der Waals surface area contributed by atoms with Gasteiger partial charge in [0.25, 0.3) is 0 Å². The van der Waals surface area contributed by atoms with Gasteiger partial charge in [-0.05, 0) is 73.0 Å². The van der Waals surface area contributed by atoms with Gasteiger partial charge in [0.15, 0.2) is 5.71 Å². The maximum absolute atomic E-state index is 2.61. The van der Waals surface area contributed by atoms with E-state index in [-0.39, 0.29) is 10.8 Å². The maximum Gasteiger partial charge on any atom is 0.210 e. The van der Waals surface area contributed by atoms with Crippen LogP contribution in [0.25, 0.3) is 21.5 Å². The summed E-state index contributed by atoms with van der Waals surface area (Å²) in [5.74, 6) is 0. The molecule has 0 saturated carbocycles. The van der Waals surface area contributed by atoms with Crippen molar-refractivity contribution >= 4 is 38.6 Å². The van der Waals surface area contributed by atoms with E-state index in [9.17, 15) is 0 Å². The predicted octanol–water partition coefficient (Wildman–Crippen LogP) is 10.6. The summed E-state index contributed by atoms with van der Waals surface area (Å²) in [6.45, 7) is 10.6. The van der Waals surface area contributed by atoms with Crippen molar-refractivity contribution in [1.29, 1.82) is 0 Å². The van der Waals surface area contributed by atoms with Crippen LogP contribution in [0.1, 0.15) is 63.6 Å². The summed E-state index contributed by atoms with van der Waals surface area (Å²) in [6.07, 6.45) is 11.7. The van der Waals surface area contributed by atoms with Crippen LogP contribution in [0.3, 0.4) is 0 Å². The van der Waals surface area contributed by atoms with Crippen LogP contribution in [-0.2, 0) is 17.3 Å². The fourth-order valence-electron chi connectivity index (χ4n) is 8.20. The largest absolute Gasteiger partial charge is 0.347 e. The van der Waals surface area contributed by atoms with Crippen molar-refractivity contribution in [1.82, 2.24) is 0 Å². The van der Waals surface area contributed by atoms with Crippen LogP contribution in [0.5, 0.6) is 0 Å². The highest BCUT2D eigenvalue weighted by molar-refractivity contribution is 6.08. The molecule has 0 amide bonds. The van der Waals surface area contributed by atoms with Gasteiger partial charge in [-0.1, -0.05) is 110 Å². The molecule has 7 rings (SSSR count). The molecule has 0 aliphatic carbocycles. The molecule has 1 atom stereocenters. The highest BCUT2D eigenvalue weighted by Gasteiger charge is 2.46. The molecule has 5 aromatic rings. The molecule has 45 heavy (non-hydrogen) atoms. The second kappa shape index (κ2) is 11.5. The number of hydrogen-bond acceptors (Lipinski definition) is 1. The molecule has 226 valence electrons. The molecule has 2 aliphatic rings. The summed E-state index contributed by atoms with van der Waals surface area (Å²) in [5.41, 5.74) is 9.38. The van der Waals surface area contributed by atoms with Crippen molar-refractivity contribution in [2.45, 2.75) is 64.2 Å². The molecule has 2 aliphatic heterocycles. The first-order chi connectivity index (χ1) is 21.8. The predicted molar refractivity (Wildman–Crippen MR) is 193 cm³/mol. The Kier molecular flexibility index (Phi) is 7.48. The molecule has 0 N–H and O–H groups in total. The number of hydrogen-bond donors (Lipinski definition) is 0. The van der Waals surface area contributed by atoms with Gasteiger partial charge in [-0.3, -0.25) is 0 Å². The number of allylic oxidation sites excluding steroid dienone is 4. The molecule has 2 heterocycles. The molecule has 0 bridgehead atoms. The lowest BCUT2D eigenvalue weighted by Crippen LogP contribution is -2.29. The average molecular weight is 590 g/mol. The summed E-state index contributed by atoms with van der Waals surface area (Å²) in [4.78, 5) is 2.46. The molecule has 1 unspecified atom stereocenters. The summed E-state index contributed by atoms with van der Waals surface area (Å²) >= 11 is 0. The number of nitrogens with zero attached hydrogens (tertiary/aromatic N) is 2. The van der Waals surface area contributed by atoms with E-state index < -0.39 is 0 Å². The van der Waals surface area contributed by atoms with Gasteiger partial charge in [0.2, 0.25) is 5.69 Å². The lowest BCUT2D eigenvalue weighted by atomic mass is 9.76. The molecule has 0 aromatic heterocycles. The lowest BCUT2D eigenvalue weighted by Gasteiger charge is -2.29. The first kappa shape index (κ1) is 29.3. The van der Waals surface area contributed by atoms with Crippen molar-refractivity contribution in [2.75, 3.05) is 18.5 Å². The molecule has 5 aromatic carbocycles. The van der Waals surface area contributed by atoms with E-state index in [1.807, 2.05) is 0 Å². The Hall–Kier alpha value is -4.43. The molecular formula is C43H45N2+. The van der Waals surface area contributed by atoms with E-state index in [4.69, 9.17) is 0 Å². The van der Waals surface area contributed by atoms with Gasteiger partial charge in [-0.15, -0.1) is 0 Å². The molecule has 2 heteroatoms. The van der Waals surface area contributed by atoms with Crippen molar-refractivity contribution in [3.63, 3.8) is 0 Å². The monoisotopic (exact) mass is 589 g/mol. The topological polar surface area (TPSA) is 6.25 Å². The highest BCUT2D eigenvalue weighted by atomic mass is 15.2. The standard InChI is InChI=1S/C43H45N2/c1-6-7-15-29-45-37-28-26-32-19-11-13-21-34(32)40(37)42(2,3)38(45)23-16-24-39-43(4,30-31-17-9-8-10-18-31)36-27-25-33-20-12-14-22-35(33)41(36)44(39)5/h8-14,16-28H,6-7,15,29-30H2,1-5H3/q+1. The number of rotatable bonds is 8. The quantitative estimate of drug-likeness (QED) is 0.129. The van der Waals surface area contributed by atoms with Gasteiger partial charge in [-0.25, -0.2) is 0 Å². The van der Waals surface area contributed by atoms with E-state index in [1.165, 1.54) is 80.3 Å². The Bertz CT molecular complexity index is 1990. The van der Waals surface area contributed by atoms with E-state index >= 15 is 0 Å². The summed E-state index contributed by atoms with van der Waals surface area (Å²) < 4.78 is 2.61. The molecule has 2 nitrogen and oxygen atoms in total. The van der Waals surface area contributed by atoms with E-state index in [2.05, 4.69) is 166 Å². The van der Waals surface area contributed by atoms with Crippen molar-refractivity contribution in [3.05, 3.63) is 144 Å². The smallest absolute Gasteiger partial charge is 0.210 e. The SMILES string of the molecule is CCCCC[N+]1=C(C=CC=C2N(C)c3c(ccc4ccccc34)C2(C)Cc2ccccc2)C(C)(C)c2c1ccc1ccccc21. The van der Waals surface area contributed by atoms with Crippen LogP contribution in [0.15, 0.2) is 127 Å². The number of likely N-dealkylation sites (N-methyl/N-ethyl adjacent to an activating group) is 1. The van der Waals surface area contributed by atoms with Crippen LogP contribution in [0.2, 0.25) is 0 Å². The van der Waals surface area contributed by atoms with Crippen molar-refractivity contribution < 1.29 is 4.58 Å². The Labute approximate surface area is 269 Å². The third kappa shape index (κ3) is 4.83. The van der Waals surface area contributed by atoms with Crippen LogP contribution >= 0.6 is 0 Å². The summed E-state index contributed by atoms with van der Waals surface area (Å²) in [6, 6.07) is 38.0. The number of benzene rings is 5. The zero-order chi connectivity index (χ0) is 31.2. The molecular weight excluding hydrogens is 544 g/mol. The Morgan fingerprint density at radius 3 is 2.16 bits per heavy atom. The number of unbranched alkanes of at least 4 members (excludes halogenated alkanes) is 2. The fourth-order valence-corrected chi connectivity index (χ4v) is 8.20. The Balaban J connectivity index is 1.35. The minimum absolute atomic E-state index is 0.106. The van der Waals surface area contributed by atoms with Crippen LogP contribution < -0.4 is 4.90 Å². The normalized spacial score (nSPS) is 19.8. The first-order valence-electron chi connectivity index (χ1n) is 16.7. The number of fused-ring (bicyclic) bond motifs is 6. The zero-order valence-corrected chi connectivity index (χ0v) is 27.5. The minimum Gasteiger partial charge on any atom is -0.347 e. The van der Waals surface area contributed by atoms with Gasteiger partial charge in [-0.2, -0.15) is 4.58 Å². The zero-order valence-electron chi connectivity index (χ0n) is 27.5. The lowest BCUT2D eigenvalue weighted by molar-refractivity contribution is -0.438. The van der Waals surface area contributed by atoms with Crippen LogP contribution in [-0.4, -0.2) is 23.9 Å². The van der Waals surface area contributed by atoms with Gasteiger partial charge in [0.05, 0.1) is 11.1 Å². The van der Waals surface area contributed by atoms with Gasteiger partial charge in [0.1, 0.15) is 6.54 Å². The highest BCUT2D eigenvalue weighted by Crippen LogP contribution is 2.52.